The van der Waals surface area contributed by atoms with Gasteiger partial charge in [0.15, 0.2) is 0 Å². The minimum absolute atomic E-state index is 0.165. The zero-order chi connectivity index (χ0) is 56.4. The molecule has 4 aliphatic rings. The third kappa shape index (κ3) is 8.88. The molecule has 9 aromatic carbocycles. The van der Waals surface area contributed by atoms with Crippen LogP contribution in [0, 0.1) is 0 Å². The highest BCUT2D eigenvalue weighted by Gasteiger charge is 2.33. The standard InChI is InChI=1S/C74H56N2O8/c77-71(59-43-53-41-51-25-13-37-75-39-15-27-57(67(51)75)69(53)83-73(59)79)81-55-33-29-49(30-34-55)65-63(47-21-9-3-10-22-47)61(45-17-5-1-6-18-45)62(46-19-7-2-8-20-46)64(48-23-11-4-12-24-48)66(65)50-31-35-56(36-32-50)82-72(78)60-44-54-42-52-26-14-38-76-40-16-28-58(68(52)76)70(54)84-74(60)80/h1-12,17-24,29-36,41-44H,13-16,25-28,37-40H2. The second-order valence-corrected chi connectivity index (χ2v) is 22.4. The van der Waals surface area contributed by atoms with Crippen LogP contribution in [0.15, 0.2) is 213 Å². The van der Waals surface area contributed by atoms with Gasteiger partial charge in [0.1, 0.15) is 33.8 Å². The lowest BCUT2D eigenvalue weighted by Gasteiger charge is -2.37. The van der Waals surface area contributed by atoms with Crippen molar-refractivity contribution in [3.8, 4) is 78.3 Å². The van der Waals surface area contributed by atoms with Gasteiger partial charge in [-0.05, 0) is 178 Å². The molecule has 0 unspecified atom stereocenters. The summed E-state index contributed by atoms with van der Waals surface area (Å²) < 4.78 is 24.2. The van der Waals surface area contributed by atoms with Crippen LogP contribution in [0.5, 0.6) is 11.5 Å². The molecular weight excluding hydrogens is 1040 g/mol. The van der Waals surface area contributed by atoms with Gasteiger partial charge < -0.3 is 28.1 Å². The summed E-state index contributed by atoms with van der Waals surface area (Å²) in [6.45, 7) is 3.94. The molecule has 0 aliphatic carbocycles. The Bertz CT molecular complexity index is 4260. The third-order valence-electron chi connectivity index (χ3n) is 17.3. The van der Waals surface area contributed by atoms with Crippen LogP contribution in [0.4, 0.5) is 11.4 Å². The Hall–Kier alpha value is -10.1. The van der Waals surface area contributed by atoms with E-state index in [2.05, 4.69) is 94.7 Å². The Labute approximate surface area is 484 Å². The van der Waals surface area contributed by atoms with Gasteiger partial charge >= 0.3 is 23.2 Å². The van der Waals surface area contributed by atoms with E-state index in [0.29, 0.717) is 11.2 Å². The lowest BCUT2D eigenvalue weighted by Crippen LogP contribution is -2.34. The molecule has 0 amide bonds. The van der Waals surface area contributed by atoms with Gasteiger partial charge in [0.05, 0.1) is 0 Å². The van der Waals surface area contributed by atoms with E-state index in [1.54, 1.807) is 36.4 Å². The number of carbonyl (C=O) groups is 2. The number of hydrogen-bond acceptors (Lipinski definition) is 10. The number of anilines is 2. The summed E-state index contributed by atoms with van der Waals surface area (Å²) in [7, 11) is 0. The van der Waals surface area contributed by atoms with E-state index >= 15 is 0 Å². The predicted molar refractivity (Wildman–Crippen MR) is 332 cm³/mol. The molecule has 410 valence electrons. The summed E-state index contributed by atoms with van der Waals surface area (Å²) in [6, 6.07) is 63.9. The van der Waals surface area contributed by atoms with E-state index in [4.69, 9.17) is 18.3 Å². The molecule has 2 aromatic heterocycles. The zero-order valence-electron chi connectivity index (χ0n) is 46.1. The van der Waals surface area contributed by atoms with Gasteiger partial charge in [-0.25, -0.2) is 19.2 Å². The van der Waals surface area contributed by atoms with Crippen LogP contribution in [0.1, 0.15) is 68.7 Å². The van der Waals surface area contributed by atoms with E-state index in [1.165, 1.54) is 22.5 Å². The Kier molecular flexibility index (Phi) is 12.7. The lowest BCUT2D eigenvalue weighted by molar-refractivity contribution is 0.0720. The van der Waals surface area contributed by atoms with Gasteiger partial charge in [-0.15, -0.1) is 0 Å². The van der Waals surface area contributed by atoms with Crippen LogP contribution < -0.4 is 30.5 Å². The van der Waals surface area contributed by atoms with Crippen LogP contribution in [0.3, 0.4) is 0 Å². The first kappa shape index (κ1) is 50.9. The maximum atomic E-state index is 14.2. The summed E-state index contributed by atoms with van der Waals surface area (Å²) in [5.74, 6) is -1.10. The number of nitrogens with zero attached hydrogens (tertiary/aromatic N) is 2. The van der Waals surface area contributed by atoms with Crippen molar-refractivity contribution in [1.82, 2.24) is 0 Å². The first-order valence-corrected chi connectivity index (χ1v) is 29.2. The highest BCUT2D eigenvalue weighted by Crippen LogP contribution is 2.56. The van der Waals surface area contributed by atoms with Crippen molar-refractivity contribution in [1.29, 1.82) is 0 Å². The van der Waals surface area contributed by atoms with Crippen LogP contribution in [0.2, 0.25) is 0 Å². The number of aryl methyl sites for hydroxylation is 4. The summed E-state index contributed by atoms with van der Waals surface area (Å²) in [5.41, 5.74) is 17.5. The minimum atomic E-state index is -0.802. The number of fused-ring (bicyclic) bond motifs is 4. The van der Waals surface area contributed by atoms with Gasteiger partial charge in [0.25, 0.3) is 0 Å². The van der Waals surface area contributed by atoms with Crippen molar-refractivity contribution in [2.75, 3.05) is 36.0 Å². The van der Waals surface area contributed by atoms with Crippen LogP contribution in [-0.2, 0) is 25.7 Å². The van der Waals surface area contributed by atoms with Gasteiger partial charge in [-0.2, -0.15) is 0 Å². The molecule has 0 spiro atoms. The topological polar surface area (TPSA) is 119 Å². The molecular formula is C74H56N2O8. The number of carbonyl (C=O) groups excluding carboxylic acids is 2. The van der Waals surface area contributed by atoms with Crippen molar-refractivity contribution >= 4 is 45.3 Å². The molecule has 84 heavy (non-hydrogen) atoms. The first-order chi connectivity index (χ1) is 41.3. The predicted octanol–water partition coefficient (Wildman–Crippen LogP) is 15.7. The van der Waals surface area contributed by atoms with E-state index in [0.717, 1.165) is 166 Å². The molecule has 0 N–H and O–H groups in total. The minimum Gasteiger partial charge on any atom is -0.423 e. The van der Waals surface area contributed by atoms with Gasteiger partial charge in [-0.3, -0.25) is 0 Å². The molecule has 0 radical (unpaired) electrons. The summed E-state index contributed by atoms with van der Waals surface area (Å²) >= 11 is 0. The number of ether oxygens (including phenoxy) is 2. The first-order valence-electron chi connectivity index (χ1n) is 29.2. The van der Waals surface area contributed by atoms with E-state index in [9.17, 15) is 19.2 Å². The smallest absolute Gasteiger partial charge is 0.351 e. The average molecular weight is 1100 g/mol. The molecule has 0 fully saturated rings. The van der Waals surface area contributed by atoms with Crippen LogP contribution in [-0.4, -0.2) is 38.1 Å². The SMILES string of the molecule is O=C(Oc1ccc(-c2c(-c3ccccc3)c(-c3ccccc3)c(-c3ccccc3)c(-c3ccccc3)c2-c2ccc(OC(=O)c3cc4cc5c6c(c4oc3=O)CCCN6CCC5)cc2)cc1)c1cc2cc3c4c(c2oc1=O)CCCN4CCC3. The number of hydrogen-bond donors (Lipinski definition) is 0. The molecule has 6 heterocycles. The Morgan fingerprint density at radius 2 is 0.655 bits per heavy atom. The highest BCUT2D eigenvalue weighted by atomic mass is 16.5. The fourth-order valence-electron chi connectivity index (χ4n) is 13.8. The molecule has 15 rings (SSSR count). The maximum Gasteiger partial charge on any atom is 0.351 e. The average Bonchev–Trinajstić information content (AvgIpc) is 1.35. The van der Waals surface area contributed by atoms with Gasteiger partial charge in [0.2, 0.25) is 0 Å². The lowest BCUT2D eigenvalue weighted by atomic mass is 9.74. The summed E-state index contributed by atoms with van der Waals surface area (Å²) in [5, 5.41) is 1.44. The van der Waals surface area contributed by atoms with E-state index in [1.807, 2.05) is 72.8 Å². The third-order valence-corrected chi connectivity index (χ3v) is 17.3. The quantitative estimate of drug-likeness (QED) is 0.0744. The zero-order valence-corrected chi connectivity index (χ0v) is 46.1. The van der Waals surface area contributed by atoms with Crippen molar-refractivity contribution in [2.45, 2.75) is 51.4 Å². The largest absolute Gasteiger partial charge is 0.423 e. The second kappa shape index (κ2) is 21.0. The summed E-state index contributed by atoms with van der Waals surface area (Å²) in [6.07, 6.45) is 7.53. The van der Waals surface area contributed by atoms with E-state index < -0.39 is 23.2 Å². The highest BCUT2D eigenvalue weighted by molar-refractivity contribution is 6.15. The molecule has 0 atom stereocenters. The van der Waals surface area contributed by atoms with Crippen molar-refractivity contribution in [3.63, 3.8) is 0 Å². The molecule has 4 aliphatic heterocycles. The van der Waals surface area contributed by atoms with Crippen LogP contribution >= 0.6 is 0 Å². The van der Waals surface area contributed by atoms with E-state index in [-0.39, 0.29) is 22.6 Å². The van der Waals surface area contributed by atoms with Crippen molar-refractivity contribution in [2.24, 2.45) is 0 Å². The Morgan fingerprint density at radius 1 is 0.357 bits per heavy atom. The number of esters is 2. The Morgan fingerprint density at radius 3 is 0.976 bits per heavy atom. The summed E-state index contributed by atoms with van der Waals surface area (Å²) in [4.78, 5) is 60.7. The van der Waals surface area contributed by atoms with Crippen molar-refractivity contribution < 1.29 is 27.9 Å². The maximum absolute atomic E-state index is 14.2. The van der Waals surface area contributed by atoms with Gasteiger partial charge in [0, 0.05) is 59.5 Å². The molecule has 0 saturated carbocycles. The fourth-order valence-corrected chi connectivity index (χ4v) is 13.8. The molecule has 10 heteroatoms. The fraction of sp³-hybridized carbons (Fsp3) is 0.162. The van der Waals surface area contributed by atoms with Gasteiger partial charge in [-0.1, -0.05) is 146 Å². The molecule has 0 bridgehead atoms. The van der Waals surface area contributed by atoms with Crippen LogP contribution in [0.25, 0.3) is 88.7 Å². The van der Waals surface area contributed by atoms with Crippen molar-refractivity contribution in [3.05, 3.63) is 248 Å². The molecule has 11 aromatic rings. The number of rotatable bonds is 10. The molecule has 0 saturated heterocycles. The number of benzene rings is 9. The normalized spacial score (nSPS) is 14.2. The second-order valence-electron chi connectivity index (χ2n) is 22.4. The molecule has 10 nitrogen and oxygen atoms in total. The Balaban J connectivity index is 0.875. The monoisotopic (exact) mass is 1100 g/mol.